The minimum Gasteiger partial charge on any atom is -0.409 e. The van der Waals surface area contributed by atoms with Crippen molar-refractivity contribution in [2.45, 2.75) is 0 Å². The van der Waals surface area contributed by atoms with E-state index in [1.807, 2.05) is 18.2 Å². The molecule has 0 aliphatic rings. The first kappa shape index (κ1) is 16.7. The quantitative estimate of drug-likeness (QED) is 0.324. The molecule has 3 N–H and O–H groups in total. The molecule has 0 bridgehead atoms. The maximum absolute atomic E-state index is 8.69. The van der Waals surface area contributed by atoms with Crippen LogP contribution in [0.3, 0.4) is 0 Å². The monoisotopic (exact) mass is 345 g/mol. The van der Waals surface area contributed by atoms with Crippen LogP contribution in [0.25, 0.3) is 0 Å². The molecule has 0 saturated heterocycles. The molecule has 0 aliphatic heterocycles. The summed E-state index contributed by atoms with van der Waals surface area (Å²) in [6, 6.07) is 5.54. The highest BCUT2D eigenvalue weighted by Crippen LogP contribution is 2.27. The molecule has 20 heavy (non-hydrogen) atoms. The summed E-state index contributed by atoms with van der Waals surface area (Å²) in [4.78, 5) is 2.15. The van der Waals surface area contributed by atoms with Gasteiger partial charge in [0, 0.05) is 37.3 Å². The smallest absolute Gasteiger partial charge is 0.170 e. The van der Waals surface area contributed by atoms with E-state index in [2.05, 4.69) is 26.0 Å². The lowest BCUT2D eigenvalue weighted by molar-refractivity contribution is 0.190. The lowest BCUT2D eigenvalue weighted by Gasteiger charge is -2.25. The number of ether oxygens (including phenoxy) is 2. The second kappa shape index (κ2) is 8.78. The maximum Gasteiger partial charge on any atom is 0.170 e. The van der Waals surface area contributed by atoms with E-state index >= 15 is 0 Å². The van der Waals surface area contributed by atoms with Crippen molar-refractivity contribution in [2.24, 2.45) is 10.9 Å². The van der Waals surface area contributed by atoms with Gasteiger partial charge in [-0.15, -0.1) is 0 Å². The van der Waals surface area contributed by atoms with Crippen LogP contribution in [-0.2, 0) is 9.47 Å². The summed E-state index contributed by atoms with van der Waals surface area (Å²) >= 11 is 3.51. The van der Waals surface area contributed by atoms with Crippen LogP contribution >= 0.6 is 15.9 Å². The second-order valence-corrected chi connectivity index (χ2v) is 4.98. The van der Waals surface area contributed by atoms with Gasteiger partial charge in [0.25, 0.3) is 0 Å². The molecule has 6 nitrogen and oxygen atoms in total. The zero-order valence-corrected chi connectivity index (χ0v) is 13.3. The normalized spacial score (nSPS) is 11.7. The molecule has 0 fully saturated rings. The minimum atomic E-state index is 0.0811. The van der Waals surface area contributed by atoms with Crippen molar-refractivity contribution in [3.05, 3.63) is 28.2 Å². The van der Waals surface area contributed by atoms with Crippen LogP contribution in [0.5, 0.6) is 0 Å². The Morgan fingerprint density at radius 2 is 1.90 bits per heavy atom. The highest BCUT2D eigenvalue weighted by Gasteiger charge is 2.11. The fraction of sp³-hybridized carbons (Fsp3) is 0.462. The number of nitrogens with two attached hydrogens (primary N) is 1. The first-order valence-electron chi connectivity index (χ1n) is 6.14. The average molecular weight is 346 g/mol. The van der Waals surface area contributed by atoms with E-state index < -0.39 is 0 Å². The fourth-order valence-corrected chi connectivity index (χ4v) is 2.37. The molecule has 0 aliphatic carbocycles. The van der Waals surface area contributed by atoms with Crippen LogP contribution in [0.1, 0.15) is 5.56 Å². The largest absolute Gasteiger partial charge is 0.409 e. The van der Waals surface area contributed by atoms with Crippen molar-refractivity contribution >= 4 is 27.5 Å². The molecule has 0 unspecified atom stereocenters. The third-order valence-electron chi connectivity index (χ3n) is 2.82. The molecule has 0 aromatic heterocycles. The average Bonchev–Trinajstić information content (AvgIpc) is 2.47. The molecule has 0 heterocycles. The number of methoxy groups -OCH3 is 2. The van der Waals surface area contributed by atoms with Gasteiger partial charge >= 0.3 is 0 Å². The molecule has 0 atom stereocenters. The van der Waals surface area contributed by atoms with Crippen LogP contribution in [0.15, 0.2) is 27.8 Å². The van der Waals surface area contributed by atoms with E-state index in [0.717, 1.165) is 23.2 Å². The maximum atomic E-state index is 8.69. The second-order valence-electron chi connectivity index (χ2n) is 4.12. The third-order valence-corrected chi connectivity index (χ3v) is 3.46. The van der Waals surface area contributed by atoms with Crippen LogP contribution in [0.2, 0.25) is 0 Å². The van der Waals surface area contributed by atoms with Crippen molar-refractivity contribution in [2.75, 3.05) is 45.4 Å². The number of hydrogen-bond donors (Lipinski definition) is 2. The fourth-order valence-electron chi connectivity index (χ4n) is 1.74. The van der Waals surface area contributed by atoms with Crippen LogP contribution in [-0.4, -0.2) is 51.6 Å². The highest BCUT2D eigenvalue weighted by molar-refractivity contribution is 9.10. The lowest BCUT2D eigenvalue weighted by Crippen LogP contribution is -2.31. The molecule has 0 saturated carbocycles. The molecule has 1 aromatic carbocycles. The Hall–Kier alpha value is -1.31. The number of hydrogen-bond acceptors (Lipinski definition) is 5. The summed E-state index contributed by atoms with van der Waals surface area (Å²) in [6.07, 6.45) is 0. The van der Waals surface area contributed by atoms with E-state index in [0.29, 0.717) is 18.8 Å². The van der Waals surface area contributed by atoms with Gasteiger partial charge in [-0.2, -0.15) is 0 Å². The van der Waals surface area contributed by atoms with Crippen molar-refractivity contribution < 1.29 is 14.7 Å². The van der Waals surface area contributed by atoms with E-state index in [1.54, 1.807) is 14.2 Å². The van der Waals surface area contributed by atoms with Gasteiger partial charge < -0.3 is 25.3 Å². The molecule has 1 aromatic rings. The predicted octanol–water partition coefficient (Wildman–Crippen LogP) is 1.64. The van der Waals surface area contributed by atoms with Crippen LogP contribution in [0.4, 0.5) is 5.69 Å². The van der Waals surface area contributed by atoms with Crippen molar-refractivity contribution in [3.8, 4) is 0 Å². The third kappa shape index (κ3) is 4.66. The minimum absolute atomic E-state index is 0.0811. The Morgan fingerprint density at radius 1 is 1.30 bits per heavy atom. The zero-order valence-electron chi connectivity index (χ0n) is 11.7. The summed E-state index contributed by atoms with van der Waals surface area (Å²) in [5.41, 5.74) is 7.24. The topological polar surface area (TPSA) is 80.3 Å². The molecule has 7 heteroatoms. The van der Waals surface area contributed by atoms with Gasteiger partial charge in [-0.3, -0.25) is 0 Å². The van der Waals surface area contributed by atoms with Crippen LogP contribution in [0, 0.1) is 0 Å². The van der Waals surface area contributed by atoms with Crippen LogP contribution < -0.4 is 10.6 Å². The SMILES string of the molecule is COCCN(CCOC)c1ccc(/C(N)=N/O)cc1Br. The number of rotatable bonds is 8. The number of amidine groups is 1. The Kier molecular flexibility index (Phi) is 7.35. The Morgan fingerprint density at radius 3 is 2.35 bits per heavy atom. The summed E-state index contributed by atoms with van der Waals surface area (Å²) in [6.45, 7) is 2.75. The first-order valence-corrected chi connectivity index (χ1v) is 6.93. The molecular formula is C13H20BrN3O3. The van der Waals surface area contributed by atoms with E-state index in [9.17, 15) is 0 Å². The lowest BCUT2D eigenvalue weighted by atomic mass is 10.2. The van der Waals surface area contributed by atoms with Gasteiger partial charge in [-0.05, 0) is 34.1 Å². The summed E-state index contributed by atoms with van der Waals surface area (Å²) < 4.78 is 11.1. The molecule has 1 rings (SSSR count). The molecule has 0 spiro atoms. The zero-order chi connectivity index (χ0) is 15.0. The van der Waals surface area contributed by atoms with E-state index in [-0.39, 0.29) is 5.84 Å². The Bertz CT molecular complexity index is 446. The molecule has 0 radical (unpaired) electrons. The van der Waals surface area contributed by atoms with E-state index in [1.165, 1.54) is 0 Å². The number of anilines is 1. The van der Waals surface area contributed by atoms with Gasteiger partial charge in [0.15, 0.2) is 5.84 Å². The molecule has 112 valence electrons. The van der Waals surface area contributed by atoms with Gasteiger partial charge in [0.2, 0.25) is 0 Å². The highest BCUT2D eigenvalue weighted by atomic mass is 79.9. The number of oxime groups is 1. The number of nitrogens with zero attached hydrogens (tertiary/aromatic N) is 2. The number of benzene rings is 1. The standard InChI is InChI=1S/C13H20BrN3O3/c1-19-7-5-17(6-8-20-2)12-4-3-10(9-11(12)14)13(15)16-18/h3-4,9,18H,5-8H2,1-2H3,(H2,15,16). The van der Waals surface area contributed by atoms with Gasteiger partial charge in [0.05, 0.1) is 18.9 Å². The predicted molar refractivity (Wildman–Crippen MR) is 82.6 cm³/mol. The Labute approximate surface area is 127 Å². The van der Waals surface area contributed by atoms with Crippen molar-refractivity contribution in [1.82, 2.24) is 0 Å². The van der Waals surface area contributed by atoms with E-state index in [4.69, 9.17) is 20.4 Å². The van der Waals surface area contributed by atoms with Crippen molar-refractivity contribution in [1.29, 1.82) is 0 Å². The van der Waals surface area contributed by atoms with Gasteiger partial charge in [-0.1, -0.05) is 5.16 Å². The van der Waals surface area contributed by atoms with Gasteiger partial charge in [0.1, 0.15) is 0 Å². The Balaban J connectivity index is 2.95. The summed E-state index contributed by atoms with van der Waals surface area (Å²) in [5, 5.41) is 11.7. The van der Waals surface area contributed by atoms with Crippen molar-refractivity contribution in [3.63, 3.8) is 0 Å². The summed E-state index contributed by atoms with van der Waals surface area (Å²) in [5.74, 6) is 0.0811. The first-order chi connectivity index (χ1) is 9.63. The van der Waals surface area contributed by atoms with Gasteiger partial charge in [-0.25, -0.2) is 0 Å². The summed E-state index contributed by atoms with van der Waals surface area (Å²) in [7, 11) is 3.34. The number of halogens is 1. The molecular weight excluding hydrogens is 326 g/mol. The molecule has 0 amide bonds.